The summed E-state index contributed by atoms with van der Waals surface area (Å²) in [5, 5.41) is 1.22. The van der Waals surface area contributed by atoms with E-state index in [4.69, 9.17) is 16.0 Å². The van der Waals surface area contributed by atoms with Crippen molar-refractivity contribution in [1.29, 1.82) is 0 Å². The molecule has 1 aromatic carbocycles. The van der Waals surface area contributed by atoms with Crippen LogP contribution in [-0.4, -0.2) is 4.98 Å². The topological polar surface area (TPSA) is 43.1 Å². The lowest BCUT2D eigenvalue weighted by Gasteiger charge is -2.02. The van der Waals surface area contributed by atoms with Crippen LogP contribution in [-0.2, 0) is 0 Å². The first-order valence-electron chi connectivity index (χ1n) is 4.84. The molecule has 2 aromatic heterocycles. The second-order valence-electron chi connectivity index (χ2n) is 3.54. The molecule has 0 spiro atoms. The van der Waals surface area contributed by atoms with E-state index in [0.29, 0.717) is 26.5 Å². The van der Waals surface area contributed by atoms with Gasteiger partial charge < -0.3 is 4.42 Å². The van der Waals surface area contributed by atoms with Gasteiger partial charge in [0.2, 0.25) is 5.43 Å². The van der Waals surface area contributed by atoms with Crippen molar-refractivity contribution in [2.75, 3.05) is 0 Å². The van der Waals surface area contributed by atoms with Crippen molar-refractivity contribution in [2.24, 2.45) is 0 Å². The molecular formula is C12H5BrClNO2. The maximum atomic E-state index is 12.2. The zero-order valence-corrected chi connectivity index (χ0v) is 10.7. The van der Waals surface area contributed by atoms with E-state index < -0.39 is 0 Å². The Morgan fingerprint density at radius 2 is 2.00 bits per heavy atom. The molecule has 0 fully saturated rings. The molecule has 0 saturated heterocycles. The van der Waals surface area contributed by atoms with Crippen LogP contribution in [0.3, 0.4) is 0 Å². The monoisotopic (exact) mass is 309 g/mol. The number of hydrogen-bond donors (Lipinski definition) is 0. The Labute approximate surface area is 109 Å². The summed E-state index contributed by atoms with van der Waals surface area (Å²) in [4.78, 5) is 16.2. The van der Waals surface area contributed by atoms with Crippen LogP contribution in [0.25, 0.3) is 21.9 Å². The Morgan fingerprint density at radius 1 is 1.24 bits per heavy atom. The Kier molecular flexibility index (Phi) is 2.42. The van der Waals surface area contributed by atoms with Crippen molar-refractivity contribution < 1.29 is 4.42 Å². The molecule has 0 unspecified atom stereocenters. The van der Waals surface area contributed by atoms with Crippen molar-refractivity contribution in [3.8, 4) is 0 Å². The summed E-state index contributed by atoms with van der Waals surface area (Å²) in [5.41, 5.74) is 0.847. The predicted octanol–water partition coefficient (Wildman–Crippen LogP) is 3.76. The zero-order valence-electron chi connectivity index (χ0n) is 8.41. The molecule has 3 aromatic rings. The summed E-state index contributed by atoms with van der Waals surface area (Å²) in [7, 11) is 0. The fourth-order valence-electron chi connectivity index (χ4n) is 1.74. The third-order valence-corrected chi connectivity index (χ3v) is 3.22. The van der Waals surface area contributed by atoms with Crippen LogP contribution >= 0.6 is 27.5 Å². The SMILES string of the molecule is O=c1c2ccccc2oc2c(Br)nc(Cl)cc12. The minimum atomic E-state index is -0.105. The lowest BCUT2D eigenvalue weighted by Crippen LogP contribution is -2.02. The summed E-state index contributed by atoms with van der Waals surface area (Å²) < 4.78 is 6.08. The fourth-order valence-corrected chi connectivity index (χ4v) is 2.52. The van der Waals surface area contributed by atoms with Gasteiger partial charge in [-0.3, -0.25) is 4.79 Å². The van der Waals surface area contributed by atoms with Crippen molar-refractivity contribution >= 4 is 49.5 Å². The summed E-state index contributed by atoms with van der Waals surface area (Å²) in [6.07, 6.45) is 0. The van der Waals surface area contributed by atoms with Gasteiger partial charge in [-0.1, -0.05) is 23.7 Å². The third-order valence-electron chi connectivity index (χ3n) is 2.49. The number of benzene rings is 1. The molecule has 84 valence electrons. The van der Waals surface area contributed by atoms with Crippen LogP contribution in [0.4, 0.5) is 0 Å². The number of para-hydroxylation sites is 1. The van der Waals surface area contributed by atoms with Gasteiger partial charge in [0.25, 0.3) is 0 Å². The molecular weight excluding hydrogens is 305 g/mol. The van der Waals surface area contributed by atoms with Gasteiger partial charge in [0.05, 0.1) is 10.8 Å². The molecule has 0 bridgehead atoms. The molecule has 17 heavy (non-hydrogen) atoms. The summed E-state index contributed by atoms with van der Waals surface area (Å²) in [5.74, 6) is 0. The van der Waals surface area contributed by atoms with Gasteiger partial charge >= 0.3 is 0 Å². The van der Waals surface area contributed by atoms with Crippen molar-refractivity contribution in [1.82, 2.24) is 4.98 Å². The molecule has 0 aliphatic carbocycles. The first kappa shape index (κ1) is 10.7. The highest BCUT2D eigenvalue weighted by Crippen LogP contribution is 2.26. The second-order valence-corrected chi connectivity index (χ2v) is 4.68. The van der Waals surface area contributed by atoms with Gasteiger partial charge in [-0.15, -0.1) is 0 Å². The van der Waals surface area contributed by atoms with Crippen LogP contribution in [0.1, 0.15) is 0 Å². The van der Waals surface area contributed by atoms with Crippen LogP contribution in [0.15, 0.2) is 44.1 Å². The average molecular weight is 311 g/mol. The molecule has 0 aliphatic rings. The molecule has 0 radical (unpaired) electrons. The van der Waals surface area contributed by atoms with Crippen LogP contribution in [0, 0.1) is 0 Å². The van der Waals surface area contributed by atoms with E-state index in [-0.39, 0.29) is 10.6 Å². The van der Waals surface area contributed by atoms with E-state index in [1.165, 1.54) is 6.07 Å². The quantitative estimate of drug-likeness (QED) is 0.469. The first-order chi connectivity index (χ1) is 8.16. The number of fused-ring (bicyclic) bond motifs is 2. The predicted molar refractivity (Wildman–Crippen MR) is 70.5 cm³/mol. The highest BCUT2D eigenvalue weighted by molar-refractivity contribution is 9.10. The molecule has 0 atom stereocenters. The summed E-state index contributed by atoms with van der Waals surface area (Å²) >= 11 is 9.06. The third kappa shape index (κ3) is 1.64. The van der Waals surface area contributed by atoms with E-state index in [1.807, 2.05) is 6.07 Å². The Morgan fingerprint density at radius 3 is 2.82 bits per heavy atom. The lowest BCUT2D eigenvalue weighted by atomic mass is 10.2. The number of pyridine rings is 1. The van der Waals surface area contributed by atoms with E-state index in [9.17, 15) is 4.79 Å². The Bertz CT molecular complexity index is 797. The molecule has 3 nitrogen and oxygen atoms in total. The van der Waals surface area contributed by atoms with E-state index in [1.54, 1.807) is 18.2 Å². The van der Waals surface area contributed by atoms with Crippen molar-refractivity contribution in [3.63, 3.8) is 0 Å². The fraction of sp³-hybridized carbons (Fsp3) is 0. The molecule has 0 aliphatic heterocycles. The minimum Gasteiger partial charge on any atom is -0.453 e. The number of nitrogens with zero attached hydrogens (tertiary/aromatic N) is 1. The van der Waals surface area contributed by atoms with Crippen molar-refractivity contribution in [3.05, 3.63) is 50.3 Å². The minimum absolute atomic E-state index is 0.105. The maximum Gasteiger partial charge on any atom is 0.200 e. The van der Waals surface area contributed by atoms with Gasteiger partial charge in [0, 0.05) is 0 Å². The van der Waals surface area contributed by atoms with E-state index in [0.717, 1.165) is 0 Å². The van der Waals surface area contributed by atoms with E-state index >= 15 is 0 Å². The first-order valence-corrected chi connectivity index (χ1v) is 6.01. The standard InChI is InChI=1S/C12H5BrClNO2/c13-12-11-7(5-9(14)15-12)10(16)6-3-1-2-4-8(6)17-11/h1-5H. The average Bonchev–Trinajstić information content (AvgIpc) is 2.31. The van der Waals surface area contributed by atoms with Crippen molar-refractivity contribution in [2.45, 2.75) is 0 Å². The summed E-state index contributed by atoms with van der Waals surface area (Å²) in [6.45, 7) is 0. The number of hydrogen-bond acceptors (Lipinski definition) is 3. The van der Waals surface area contributed by atoms with Gasteiger partial charge in [0.15, 0.2) is 10.2 Å². The molecule has 0 saturated carbocycles. The molecule has 0 amide bonds. The highest BCUT2D eigenvalue weighted by Gasteiger charge is 2.11. The molecule has 2 heterocycles. The van der Waals surface area contributed by atoms with Crippen LogP contribution in [0.2, 0.25) is 5.15 Å². The largest absolute Gasteiger partial charge is 0.453 e. The molecule has 3 rings (SSSR count). The van der Waals surface area contributed by atoms with Gasteiger partial charge in [0.1, 0.15) is 10.7 Å². The van der Waals surface area contributed by atoms with Gasteiger partial charge in [-0.2, -0.15) is 0 Å². The van der Waals surface area contributed by atoms with Crippen LogP contribution in [0.5, 0.6) is 0 Å². The second kappa shape index (κ2) is 3.82. The smallest absolute Gasteiger partial charge is 0.200 e. The van der Waals surface area contributed by atoms with Gasteiger partial charge in [-0.05, 0) is 34.1 Å². The Balaban J connectivity index is 2.64. The van der Waals surface area contributed by atoms with E-state index in [2.05, 4.69) is 20.9 Å². The number of rotatable bonds is 0. The van der Waals surface area contributed by atoms with Gasteiger partial charge in [-0.25, -0.2) is 4.98 Å². The van der Waals surface area contributed by atoms with Crippen LogP contribution < -0.4 is 5.43 Å². The Hall–Kier alpha value is -1.39. The normalized spacial score (nSPS) is 11.2. The highest BCUT2D eigenvalue weighted by atomic mass is 79.9. The number of halogens is 2. The number of aromatic nitrogens is 1. The maximum absolute atomic E-state index is 12.2. The lowest BCUT2D eigenvalue weighted by molar-refractivity contribution is 0.655. The summed E-state index contributed by atoms with van der Waals surface area (Å²) in [6, 6.07) is 8.59. The molecule has 0 N–H and O–H groups in total. The molecule has 5 heteroatoms. The zero-order chi connectivity index (χ0) is 12.0.